The maximum Gasteiger partial charge on any atom is 0.174 e. The molecule has 56 valence electrons. The monoisotopic (exact) mass is 157 g/mol. The molecule has 1 heterocycles. The zero-order chi connectivity index (χ0) is 7.40. The average Bonchev–Trinajstić information content (AvgIpc) is 2.31. The second kappa shape index (κ2) is 3.53. The summed E-state index contributed by atoms with van der Waals surface area (Å²) in [5, 5.41) is 0. The molecule has 3 nitrogen and oxygen atoms in total. The van der Waals surface area contributed by atoms with Gasteiger partial charge in [-0.15, -0.1) is 0 Å². The summed E-state index contributed by atoms with van der Waals surface area (Å²) in [6.07, 6.45) is 3.87. The fourth-order valence-electron chi connectivity index (χ4n) is 0.798. The lowest BCUT2D eigenvalue weighted by Gasteiger charge is -1.91. The first-order chi connectivity index (χ1) is 4.83. The van der Waals surface area contributed by atoms with E-state index in [1.807, 2.05) is 6.20 Å². The van der Waals surface area contributed by atoms with Crippen molar-refractivity contribution in [3.8, 4) is 0 Å². The van der Waals surface area contributed by atoms with Gasteiger partial charge in [-0.05, 0) is 31.6 Å². The summed E-state index contributed by atoms with van der Waals surface area (Å²) in [6, 6.07) is 0. The number of aromatic amines is 2. The number of H-pyrrole nitrogens is 2. The van der Waals surface area contributed by atoms with E-state index in [9.17, 15) is 0 Å². The lowest BCUT2D eigenvalue weighted by atomic mass is 10.2. The third-order valence-electron chi connectivity index (χ3n) is 1.30. The molecule has 0 aliphatic heterocycles. The first-order valence-corrected chi connectivity index (χ1v) is 3.70. The molecule has 1 aromatic heterocycles. The van der Waals surface area contributed by atoms with Crippen LogP contribution < -0.4 is 5.73 Å². The highest BCUT2D eigenvalue weighted by Crippen LogP contribution is 1.95. The molecule has 0 radical (unpaired) electrons. The van der Waals surface area contributed by atoms with Crippen LogP contribution >= 0.6 is 12.2 Å². The highest BCUT2D eigenvalue weighted by Gasteiger charge is 1.91. The van der Waals surface area contributed by atoms with Crippen LogP contribution in [-0.2, 0) is 6.42 Å². The lowest BCUT2D eigenvalue weighted by molar-refractivity contribution is 0.815. The molecule has 4 heteroatoms. The van der Waals surface area contributed by atoms with Crippen molar-refractivity contribution in [1.29, 1.82) is 0 Å². The molecule has 0 atom stereocenters. The van der Waals surface area contributed by atoms with Gasteiger partial charge in [0.25, 0.3) is 0 Å². The van der Waals surface area contributed by atoms with Crippen LogP contribution in [0, 0.1) is 4.77 Å². The molecule has 0 spiro atoms. The van der Waals surface area contributed by atoms with E-state index in [1.165, 1.54) is 0 Å². The highest BCUT2D eigenvalue weighted by atomic mass is 32.1. The number of nitrogens with two attached hydrogens (primary N) is 1. The van der Waals surface area contributed by atoms with E-state index in [1.54, 1.807) is 0 Å². The smallest absolute Gasteiger partial charge is 0.174 e. The molecule has 0 saturated carbocycles. The third-order valence-corrected chi connectivity index (χ3v) is 1.52. The van der Waals surface area contributed by atoms with Crippen molar-refractivity contribution in [1.82, 2.24) is 9.97 Å². The van der Waals surface area contributed by atoms with Gasteiger partial charge in [0.2, 0.25) is 0 Å². The van der Waals surface area contributed by atoms with Crippen molar-refractivity contribution in [2.45, 2.75) is 12.8 Å². The SMILES string of the molecule is NCCCc1c[nH]c(=S)[nH]1. The Hall–Kier alpha value is -0.610. The van der Waals surface area contributed by atoms with Crippen LogP contribution in [0.1, 0.15) is 12.1 Å². The quantitative estimate of drug-likeness (QED) is 0.572. The minimum Gasteiger partial charge on any atom is -0.337 e. The van der Waals surface area contributed by atoms with E-state index in [4.69, 9.17) is 18.0 Å². The van der Waals surface area contributed by atoms with E-state index < -0.39 is 0 Å². The molecule has 1 aromatic rings. The molecule has 0 saturated heterocycles. The zero-order valence-corrected chi connectivity index (χ0v) is 6.50. The maximum atomic E-state index is 5.33. The summed E-state index contributed by atoms with van der Waals surface area (Å²) in [4.78, 5) is 5.91. The number of imidazole rings is 1. The van der Waals surface area contributed by atoms with Gasteiger partial charge < -0.3 is 15.7 Å². The van der Waals surface area contributed by atoms with Gasteiger partial charge in [0.05, 0.1) is 0 Å². The molecule has 0 aliphatic carbocycles. The Kier molecular flexibility index (Phi) is 2.65. The summed E-state index contributed by atoms with van der Waals surface area (Å²) >= 11 is 4.84. The molecule has 0 bridgehead atoms. The van der Waals surface area contributed by atoms with Crippen molar-refractivity contribution in [3.05, 3.63) is 16.7 Å². The third kappa shape index (κ3) is 1.97. The molecular weight excluding hydrogens is 146 g/mol. The zero-order valence-electron chi connectivity index (χ0n) is 5.68. The Morgan fingerprint density at radius 1 is 1.60 bits per heavy atom. The predicted octanol–water partition coefficient (Wildman–Crippen LogP) is 0.964. The second-order valence-corrected chi connectivity index (χ2v) is 2.57. The van der Waals surface area contributed by atoms with E-state index in [-0.39, 0.29) is 0 Å². The van der Waals surface area contributed by atoms with Gasteiger partial charge in [0, 0.05) is 11.9 Å². The molecule has 0 aromatic carbocycles. The molecule has 1 rings (SSSR count). The molecular formula is C6H11N3S. The van der Waals surface area contributed by atoms with Crippen molar-refractivity contribution in [3.63, 3.8) is 0 Å². The Morgan fingerprint density at radius 3 is 2.90 bits per heavy atom. The Labute approximate surface area is 64.7 Å². The van der Waals surface area contributed by atoms with Crippen LogP contribution in [0.4, 0.5) is 0 Å². The summed E-state index contributed by atoms with van der Waals surface area (Å²) in [5.74, 6) is 0. The summed E-state index contributed by atoms with van der Waals surface area (Å²) in [6.45, 7) is 0.728. The van der Waals surface area contributed by atoms with Crippen LogP contribution in [0.5, 0.6) is 0 Å². The fourth-order valence-corrected chi connectivity index (χ4v) is 0.988. The summed E-state index contributed by atoms with van der Waals surface area (Å²) in [5.41, 5.74) is 6.47. The van der Waals surface area contributed by atoms with Gasteiger partial charge in [-0.1, -0.05) is 0 Å². The number of nitrogens with one attached hydrogen (secondary N) is 2. The van der Waals surface area contributed by atoms with Crippen molar-refractivity contribution in [2.24, 2.45) is 5.73 Å². The van der Waals surface area contributed by atoms with Crippen LogP contribution in [-0.4, -0.2) is 16.5 Å². The minimum absolute atomic E-state index is 0.687. The average molecular weight is 157 g/mol. The van der Waals surface area contributed by atoms with Crippen molar-refractivity contribution >= 4 is 12.2 Å². The largest absolute Gasteiger partial charge is 0.337 e. The number of aromatic nitrogens is 2. The van der Waals surface area contributed by atoms with Crippen molar-refractivity contribution in [2.75, 3.05) is 6.54 Å². The minimum atomic E-state index is 0.687. The number of hydrogen-bond acceptors (Lipinski definition) is 2. The molecule has 0 aliphatic rings. The fraction of sp³-hybridized carbons (Fsp3) is 0.500. The molecule has 0 fully saturated rings. The molecule has 4 N–H and O–H groups in total. The Bertz CT molecular complexity index is 237. The summed E-state index contributed by atoms with van der Waals surface area (Å²) < 4.78 is 0.687. The van der Waals surface area contributed by atoms with Crippen LogP contribution in [0.15, 0.2) is 6.20 Å². The second-order valence-electron chi connectivity index (χ2n) is 2.16. The van der Waals surface area contributed by atoms with Crippen molar-refractivity contribution < 1.29 is 0 Å². The molecule has 0 amide bonds. The van der Waals surface area contributed by atoms with Crippen LogP contribution in [0.3, 0.4) is 0 Å². The number of rotatable bonds is 3. The van der Waals surface area contributed by atoms with E-state index >= 15 is 0 Å². The van der Waals surface area contributed by atoms with E-state index in [0.29, 0.717) is 4.77 Å². The van der Waals surface area contributed by atoms with Crippen LogP contribution in [0.25, 0.3) is 0 Å². The van der Waals surface area contributed by atoms with Gasteiger partial charge in [-0.25, -0.2) is 0 Å². The molecule has 10 heavy (non-hydrogen) atoms. The topological polar surface area (TPSA) is 57.6 Å². The number of hydrogen-bond donors (Lipinski definition) is 3. The van der Waals surface area contributed by atoms with Gasteiger partial charge in [-0.3, -0.25) is 0 Å². The maximum absolute atomic E-state index is 5.33. The lowest BCUT2D eigenvalue weighted by Crippen LogP contribution is -2.00. The standard InChI is InChI=1S/C6H11N3S/c7-3-1-2-5-4-8-6(10)9-5/h4H,1-3,7H2,(H2,8,9,10). The summed E-state index contributed by atoms with van der Waals surface area (Å²) in [7, 11) is 0. The first kappa shape index (κ1) is 7.50. The van der Waals surface area contributed by atoms with Gasteiger partial charge in [0.15, 0.2) is 4.77 Å². The number of aryl methyl sites for hydroxylation is 1. The van der Waals surface area contributed by atoms with E-state index in [2.05, 4.69) is 9.97 Å². The Morgan fingerprint density at radius 2 is 2.40 bits per heavy atom. The predicted molar refractivity (Wildman–Crippen MR) is 43.4 cm³/mol. The Balaban J connectivity index is 2.50. The van der Waals surface area contributed by atoms with Gasteiger partial charge >= 0.3 is 0 Å². The molecule has 0 unspecified atom stereocenters. The van der Waals surface area contributed by atoms with Gasteiger partial charge in [0.1, 0.15) is 0 Å². The van der Waals surface area contributed by atoms with Gasteiger partial charge in [-0.2, -0.15) is 0 Å². The van der Waals surface area contributed by atoms with E-state index in [0.717, 1.165) is 25.1 Å². The highest BCUT2D eigenvalue weighted by molar-refractivity contribution is 7.71. The van der Waals surface area contributed by atoms with Crippen LogP contribution in [0.2, 0.25) is 0 Å². The first-order valence-electron chi connectivity index (χ1n) is 3.29. The normalized spacial score (nSPS) is 10.1.